The molecule has 0 saturated carbocycles. The molecule has 1 aromatic heterocycles. The minimum absolute atomic E-state index is 0.0592. The van der Waals surface area contributed by atoms with Gasteiger partial charge in [0.1, 0.15) is 5.82 Å². The summed E-state index contributed by atoms with van der Waals surface area (Å²) in [5.74, 6) is -3.23. The molecule has 0 aliphatic rings. The fourth-order valence-electron chi connectivity index (χ4n) is 3.28. The zero-order valence-electron chi connectivity index (χ0n) is 18.6. The van der Waals surface area contributed by atoms with E-state index in [-0.39, 0.29) is 42.5 Å². The highest BCUT2D eigenvalue weighted by molar-refractivity contribution is 7.88. The Kier molecular flexibility index (Phi) is 7.92. The van der Waals surface area contributed by atoms with E-state index in [1.807, 2.05) is 0 Å². The molecule has 13 heteroatoms. The number of rotatable bonds is 9. The van der Waals surface area contributed by atoms with Gasteiger partial charge in [-0.2, -0.15) is 18.3 Å². The van der Waals surface area contributed by atoms with Crippen LogP contribution in [-0.2, 0) is 29.3 Å². The van der Waals surface area contributed by atoms with Crippen molar-refractivity contribution in [2.24, 2.45) is 0 Å². The Morgan fingerprint density at radius 2 is 1.69 bits per heavy atom. The molecule has 0 aliphatic heterocycles. The smallest absolute Gasteiger partial charge is 0.311 e. The van der Waals surface area contributed by atoms with E-state index >= 15 is 0 Å². The number of hydrogen-bond donors (Lipinski definition) is 2. The summed E-state index contributed by atoms with van der Waals surface area (Å²) in [5.41, 5.74) is -0.460. The van der Waals surface area contributed by atoms with Gasteiger partial charge in [-0.25, -0.2) is 31.0 Å². The maximum atomic E-state index is 14.4. The van der Waals surface area contributed by atoms with Gasteiger partial charge in [0.15, 0.2) is 17.3 Å². The van der Waals surface area contributed by atoms with Crippen molar-refractivity contribution >= 4 is 10.0 Å². The van der Waals surface area contributed by atoms with Crippen LogP contribution in [0, 0.1) is 17.5 Å². The number of aromatic nitrogens is 2. The van der Waals surface area contributed by atoms with E-state index in [0.717, 1.165) is 35.2 Å². The molecule has 0 fully saturated rings. The summed E-state index contributed by atoms with van der Waals surface area (Å²) in [4.78, 5) is 0. The van der Waals surface area contributed by atoms with Crippen molar-refractivity contribution in [3.8, 4) is 5.69 Å². The Morgan fingerprint density at radius 3 is 2.29 bits per heavy atom. The maximum Gasteiger partial charge on any atom is 0.435 e. The normalized spacial score (nSPS) is 13.3. The SMILES string of the molecule is CC(CNCc1cc(C(F)(F)F)nn1-c1ccc(F)c(F)c1)c1ccc(CNS(C)(=O)=O)c(F)c1. The van der Waals surface area contributed by atoms with Crippen molar-refractivity contribution in [3.05, 3.63) is 82.4 Å². The van der Waals surface area contributed by atoms with Crippen molar-refractivity contribution < 1.29 is 34.8 Å². The number of alkyl halides is 3. The summed E-state index contributed by atoms with van der Waals surface area (Å²) < 4.78 is 106. The molecular weight excluding hydrogens is 498 g/mol. The lowest BCUT2D eigenvalue weighted by Crippen LogP contribution is -2.22. The van der Waals surface area contributed by atoms with E-state index in [0.29, 0.717) is 5.56 Å². The van der Waals surface area contributed by atoms with E-state index < -0.39 is 39.3 Å². The predicted molar refractivity (Wildman–Crippen MR) is 117 cm³/mol. The molecule has 1 atom stereocenters. The molecular formula is C22H22F6N4O2S. The van der Waals surface area contributed by atoms with Gasteiger partial charge in [-0.05, 0) is 35.7 Å². The first-order valence-corrected chi connectivity index (χ1v) is 12.2. The van der Waals surface area contributed by atoms with Gasteiger partial charge in [0.2, 0.25) is 10.0 Å². The Bertz CT molecular complexity index is 1310. The number of halogens is 6. The van der Waals surface area contributed by atoms with Gasteiger partial charge in [0.05, 0.1) is 17.6 Å². The van der Waals surface area contributed by atoms with Crippen LogP contribution in [0.2, 0.25) is 0 Å². The first-order chi connectivity index (χ1) is 16.2. The molecule has 0 bridgehead atoms. The molecule has 0 spiro atoms. The predicted octanol–water partition coefficient (Wildman–Crippen LogP) is 4.25. The molecule has 0 aliphatic carbocycles. The van der Waals surface area contributed by atoms with Crippen molar-refractivity contribution in [1.29, 1.82) is 0 Å². The average Bonchev–Trinajstić information content (AvgIpc) is 3.19. The summed E-state index contributed by atoms with van der Waals surface area (Å²) in [5, 5.41) is 6.47. The Labute approximate surface area is 198 Å². The number of nitrogens with one attached hydrogen (secondary N) is 2. The number of benzene rings is 2. The molecule has 6 nitrogen and oxygen atoms in total. The van der Waals surface area contributed by atoms with Gasteiger partial charge in [-0.1, -0.05) is 19.1 Å². The third kappa shape index (κ3) is 7.05. The zero-order valence-corrected chi connectivity index (χ0v) is 19.4. The molecule has 1 unspecified atom stereocenters. The third-order valence-corrected chi connectivity index (χ3v) is 5.82. The van der Waals surface area contributed by atoms with Gasteiger partial charge in [0, 0.05) is 31.3 Å². The molecule has 2 aromatic carbocycles. The zero-order chi connectivity index (χ0) is 26.0. The van der Waals surface area contributed by atoms with Crippen molar-refractivity contribution in [2.45, 2.75) is 32.1 Å². The Balaban J connectivity index is 1.72. The highest BCUT2D eigenvalue weighted by atomic mass is 32.2. The van der Waals surface area contributed by atoms with Crippen LogP contribution in [0.25, 0.3) is 5.69 Å². The van der Waals surface area contributed by atoms with Gasteiger partial charge in [0.25, 0.3) is 0 Å². The fourth-order valence-corrected chi connectivity index (χ4v) is 3.70. The monoisotopic (exact) mass is 520 g/mol. The highest BCUT2D eigenvalue weighted by Crippen LogP contribution is 2.30. The van der Waals surface area contributed by atoms with E-state index in [1.165, 1.54) is 12.1 Å². The summed E-state index contributed by atoms with van der Waals surface area (Å²) in [7, 11) is -3.48. The topological polar surface area (TPSA) is 76.0 Å². The molecule has 2 N–H and O–H groups in total. The van der Waals surface area contributed by atoms with Crippen LogP contribution in [0.5, 0.6) is 0 Å². The quantitative estimate of drug-likeness (QED) is 0.414. The molecule has 0 radical (unpaired) electrons. The van der Waals surface area contributed by atoms with E-state index in [1.54, 1.807) is 13.0 Å². The van der Waals surface area contributed by atoms with Gasteiger partial charge < -0.3 is 5.32 Å². The molecule has 190 valence electrons. The molecule has 1 heterocycles. The molecule has 0 saturated heterocycles. The van der Waals surface area contributed by atoms with Gasteiger partial charge in [-0.3, -0.25) is 0 Å². The summed E-state index contributed by atoms with van der Waals surface area (Å²) >= 11 is 0. The van der Waals surface area contributed by atoms with Gasteiger partial charge >= 0.3 is 6.18 Å². The minimum atomic E-state index is -4.74. The molecule has 0 amide bonds. The van der Waals surface area contributed by atoms with Crippen LogP contribution < -0.4 is 10.0 Å². The standard InChI is InChI=1S/C22H22F6N4O2S/c1-13(14-3-4-15(19(24)7-14)11-30-35(2,33)34)10-29-12-17-9-21(22(26,27)28)31-32(17)16-5-6-18(23)20(25)8-16/h3-9,13,29-30H,10-12H2,1-2H3. The lowest BCUT2D eigenvalue weighted by Gasteiger charge is -2.15. The molecule has 35 heavy (non-hydrogen) atoms. The fraction of sp³-hybridized carbons (Fsp3) is 0.318. The molecule has 3 aromatic rings. The van der Waals surface area contributed by atoms with Crippen LogP contribution in [0.15, 0.2) is 42.5 Å². The summed E-state index contributed by atoms with van der Waals surface area (Å²) in [6.07, 6.45) is -3.78. The second-order valence-electron chi connectivity index (χ2n) is 8.00. The second kappa shape index (κ2) is 10.4. The van der Waals surface area contributed by atoms with E-state index in [4.69, 9.17) is 0 Å². The first kappa shape index (κ1) is 26.7. The average molecular weight is 520 g/mol. The number of sulfonamides is 1. The number of hydrogen-bond acceptors (Lipinski definition) is 4. The highest BCUT2D eigenvalue weighted by Gasteiger charge is 2.35. The van der Waals surface area contributed by atoms with Crippen LogP contribution in [0.4, 0.5) is 26.3 Å². The van der Waals surface area contributed by atoms with Crippen molar-refractivity contribution in [1.82, 2.24) is 19.8 Å². The second-order valence-corrected chi connectivity index (χ2v) is 9.84. The molecule has 3 rings (SSSR count). The lowest BCUT2D eigenvalue weighted by molar-refractivity contribution is -0.141. The Hall–Kier alpha value is -2.90. The van der Waals surface area contributed by atoms with E-state index in [2.05, 4.69) is 15.1 Å². The summed E-state index contributed by atoms with van der Waals surface area (Å²) in [6, 6.07) is 7.80. The largest absolute Gasteiger partial charge is 0.435 e. The summed E-state index contributed by atoms with van der Waals surface area (Å²) in [6.45, 7) is 1.72. The van der Waals surface area contributed by atoms with E-state index in [9.17, 15) is 34.8 Å². The minimum Gasteiger partial charge on any atom is -0.311 e. The van der Waals surface area contributed by atoms with Crippen molar-refractivity contribution in [2.75, 3.05) is 12.8 Å². The number of nitrogens with zero attached hydrogens (tertiary/aromatic N) is 2. The van der Waals surface area contributed by atoms with Crippen LogP contribution in [0.1, 0.15) is 35.4 Å². The third-order valence-electron chi connectivity index (χ3n) is 5.15. The van der Waals surface area contributed by atoms with Crippen LogP contribution in [0.3, 0.4) is 0 Å². The van der Waals surface area contributed by atoms with Crippen LogP contribution in [-0.4, -0.2) is 31.0 Å². The maximum absolute atomic E-state index is 14.4. The van der Waals surface area contributed by atoms with Gasteiger partial charge in [-0.15, -0.1) is 0 Å². The first-order valence-electron chi connectivity index (χ1n) is 10.3. The lowest BCUT2D eigenvalue weighted by atomic mass is 9.99. The Morgan fingerprint density at radius 1 is 0.971 bits per heavy atom. The van der Waals surface area contributed by atoms with Crippen molar-refractivity contribution in [3.63, 3.8) is 0 Å². The van der Waals surface area contributed by atoms with Crippen LogP contribution >= 0.6 is 0 Å².